The van der Waals surface area contributed by atoms with Crippen LogP contribution in [0.1, 0.15) is 23.7 Å². The number of carbonyl (C=O) groups excluding carboxylic acids is 1. The van der Waals surface area contributed by atoms with Crippen molar-refractivity contribution >= 4 is 23.2 Å². The van der Waals surface area contributed by atoms with Crippen molar-refractivity contribution in [1.29, 1.82) is 0 Å². The average Bonchev–Trinajstić information content (AvgIpc) is 2.44. The molecular formula is C13H16ClN3O4. The monoisotopic (exact) mass is 313 g/mol. The molecular weight excluding hydrogens is 298 g/mol. The largest absolute Gasteiger partial charge is 0.376 e. The van der Waals surface area contributed by atoms with Crippen LogP contribution < -0.4 is 11.1 Å². The van der Waals surface area contributed by atoms with Crippen LogP contribution in [0.5, 0.6) is 0 Å². The van der Waals surface area contributed by atoms with Gasteiger partial charge >= 0.3 is 0 Å². The van der Waals surface area contributed by atoms with Crippen molar-refractivity contribution in [2.24, 2.45) is 5.73 Å². The molecule has 1 saturated carbocycles. The van der Waals surface area contributed by atoms with Crippen LogP contribution in [0.3, 0.4) is 0 Å². The van der Waals surface area contributed by atoms with Gasteiger partial charge in [-0.15, -0.1) is 0 Å². The van der Waals surface area contributed by atoms with Crippen LogP contribution >= 0.6 is 11.6 Å². The minimum atomic E-state index is -0.637. The highest BCUT2D eigenvalue weighted by Crippen LogP contribution is 2.28. The van der Waals surface area contributed by atoms with Crippen LogP contribution in [0.25, 0.3) is 0 Å². The number of hydrogen-bond acceptors (Lipinski definition) is 5. The molecule has 1 amide bonds. The van der Waals surface area contributed by atoms with Gasteiger partial charge in [0.2, 0.25) is 0 Å². The number of ether oxygens (including phenoxy) is 1. The van der Waals surface area contributed by atoms with E-state index in [1.807, 2.05) is 6.92 Å². The summed E-state index contributed by atoms with van der Waals surface area (Å²) >= 11 is 5.92. The van der Waals surface area contributed by atoms with Gasteiger partial charge in [-0.2, -0.15) is 0 Å². The highest BCUT2D eigenvalue weighted by molar-refractivity contribution is 6.34. The number of hydrogen-bond donors (Lipinski definition) is 2. The third-order valence-electron chi connectivity index (χ3n) is 3.46. The van der Waals surface area contributed by atoms with E-state index in [0.29, 0.717) is 13.0 Å². The lowest BCUT2D eigenvalue weighted by Gasteiger charge is -2.42. The number of amides is 1. The summed E-state index contributed by atoms with van der Waals surface area (Å²) in [6, 6.07) is 3.50. The number of nitrogens with zero attached hydrogens (tertiary/aromatic N) is 1. The fourth-order valence-electron chi connectivity index (χ4n) is 2.34. The zero-order chi connectivity index (χ0) is 15.6. The van der Waals surface area contributed by atoms with Gasteiger partial charge in [0.15, 0.2) is 0 Å². The Labute approximate surface area is 126 Å². The molecule has 21 heavy (non-hydrogen) atoms. The van der Waals surface area contributed by atoms with E-state index in [1.165, 1.54) is 18.2 Å². The molecule has 1 aromatic rings. The number of nitrogens with two attached hydrogens (primary N) is 1. The molecule has 0 aliphatic heterocycles. The van der Waals surface area contributed by atoms with Gasteiger partial charge in [0.05, 0.1) is 22.1 Å². The number of nitrogens with one attached hydrogen (secondary N) is 1. The normalized spacial score (nSPS) is 24.2. The molecule has 0 bridgehead atoms. The summed E-state index contributed by atoms with van der Waals surface area (Å²) in [4.78, 5) is 22.6. The Morgan fingerprint density at radius 1 is 1.62 bits per heavy atom. The van der Waals surface area contributed by atoms with E-state index in [-0.39, 0.29) is 34.5 Å². The van der Waals surface area contributed by atoms with Crippen LogP contribution in [-0.2, 0) is 4.74 Å². The van der Waals surface area contributed by atoms with Crippen LogP contribution in [0.2, 0.25) is 5.02 Å². The third-order valence-corrected chi connectivity index (χ3v) is 3.78. The fourth-order valence-corrected chi connectivity index (χ4v) is 2.60. The van der Waals surface area contributed by atoms with Crippen LogP contribution in [0, 0.1) is 10.1 Å². The van der Waals surface area contributed by atoms with Gasteiger partial charge in [-0.25, -0.2) is 0 Å². The topological polar surface area (TPSA) is 107 Å². The first kappa shape index (κ1) is 15.7. The van der Waals surface area contributed by atoms with E-state index in [2.05, 4.69) is 5.32 Å². The van der Waals surface area contributed by atoms with E-state index in [1.54, 1.807) is 0 Å². The van der Waals surface area contributed by atoms with Gasteiger partial charge in [-0.1, -0.05) is 17.7 Å². The molecule has 1 aromatic carbocycles. The maximum atomic E-state index is 12.3. The van der Waals surface area contributed by atoms with E-state index in [9.17, 15) is 14.9 Å². The average molecular weight is 314 g/mol. The Morgan fingerprint density at radius 2 is 2.33 bits per heavy atom. The molecule has 0 spiro atoms. The van der Waals surface area contributed by atoms with Gasteiger partial charge in [0.1, 0.15) is 5.56 Å². The number of nitro groups is 1. The lowest BCUT2D eigenvalue weighted by atomic mass is 9.83. The van der Waals surface area contributed by atoms with Gasteiger partial charge in [-0.3, -0.25) is 14.9 Å². The first-order chi connectivity index (χ1) is 9.95. The lowest BCUT2D eigenvalue weighted by Crippen LogP contribution is -2.64. The van der Waals surface area contributed by atoms with Crippen LogP contribution in [0.15, 0.2) is 18.2 Å². The molecule has 0 saturated heterocycles. The second kappa shape index (κ2) is 6.38. The summed E-state index contributed by atoms with van der Waals surface area (Å²) in [5, 5.41) is 13.7. The van der Waals surface area contributed by atoms with Crippen LogP contribution in [0.4, 0.5) is 5.69 Å². The SMILES string of the molecule is CCOC1CC(N)C1NC(=O)c1c(Cl)cccc1[N+](=O)[O-]. The molecule has 1 aliphatic rings. The highest BCUT2D eigenvalue weighted by atomic mass is 35.5. The van der Waals surface area contributed by atoms with Crippen molar-refractivity contribution in [2.45, 2.75) is 31.5 Å². The zero-order valence-corrected chi connectivity index (χ0v) is 12.2. The maximum absolute atomic E-state index is 12.3. The van der Waals surface area contributed by atoms with Crippen molar-refractivity contribution in [3.05, 3.63) is 38.9 Å². The van der Waals surface area contributed by atoms with Crippen LogP contribution in [-0.4, -0.2) is 35.6 Å². The molecule has 1 fully saturated rings. The summed E-state index contributed by atoms with van der Waals surface area (Å²) < 4.78 is 5.44. The van der Waals surface area contributed by atoms with Crippen molar-refractivity contribution in [3.8, 4) is 0 Å². The molecule has 3 atom stereocenters. The van der Waals surface area contributed by atoms with Crippen molar-refractivity contribution in [3.63, 3.8) is 0 Å². The maximum Gasteiger partial charge on any atom is 0.283 e. The number of nitro benzene ring substituents is 1. The fraction of sp³-hybridized carbons (Fsp3) is 0.462. The van der Waals surface area contributed by atoms with Gasteiger partial charge in [0, 0.05) is 18.7 Å². The summed E-state index contributed by atoms with van der Waals surface area (Å²) in [5.74, 6) is -0.614. The number of carbonyl (C=O) groups is 1. The molecule has 7 nitrogen and oxygen atoms in total. The van der Waals surface area contributed by atoms with E-state index in [0.717, 1.165) is 0 Å². The smallest absolute Gasteiger partial charge is 0.283 e. The number of rotatable bonds is 5. The molecule has 8 heteroatoms. The van der Waals surface area contributed by atoms with Gasteiger partial charge < -0.3 is 15.8 Å². The second-order valence-corrected chi connectivity index (χ2v) is 5.19. The Hall–Kier alpha value is -1.70. The molecule has 3 N–H and O–H groups in total. The minimum absolute atomic E-state index is 0.0301. The van der Waals surface area contributed by atoms with Gasteiger partial charge in [0.25, 0.3) is 11.6 Å². The van der Waals surface area contributed by atoms with E-state index in [4.69, 9.17) is 22.1 Å². The third kappa shape index (κ3) is 3.15. The quantitative estimate of drug-likeness (QED) is 0.632. The standard InChI is InChI=1S/C13H16ClN3O4/c1-2-21-10-6-8(15)12(10)16-13(18)11-7(14)4-3-5-9(11)17(19)20/h3-5,8,10,12H,2,6,15H2,1H3,(H,16,18). The molecule has 0 heterocycles. The zero-order valence-electron chi connectivity index (χ0n) is 11.4. The summed E-state index contributed by atoms with van der Waals surface area (Å²) in [6.07, 6.45) is 0.471. The lowest BCUT2D eigenvalue weighted by molar-refractivity contribution is -0.385. The predicted octanol–water partition coefficient (Wildman–Crippen LogP) is 1.48. The Bertz CT molecular complexity index is 564. The second-order valence-electron chi connectivity index (χ2n) is 4.78. The van der Waals surface area contributed by atoms with Crippen molar-refractivity contribution < 1.29 is 14.5 Å². The van der Waals surface area contributed by atoms with Crippen molar-refractivity contribution in [1.82, 2.24) is 5.32 Å². The molecule has 3 unspecified atom stereocenters. The molecule has 2 rings (SSSR count). The van der Waals surface area contributed by atoms with E-state index < -0.39 is 10.8 Å². The van der Waals surface area contributed by atoms with Gasteiger partial charge in [-0.05, 0) is 19.4 Å². The molecule has 1 aliphatic carbocycles. The van der Waals surface area contributed by atoms with Crippen molar-refractivity contribution in [2.75, 3.05) is 6.61 Å². The Balaban J connectivity index is 2.19. The van der Waals surface area contributed by atoms with E-state index >= 15 is 0 Å². The molecule has 0 radical (unpaired) electrons. The first-order valence-electron chi connectivity index (χ1n) is 6.56. The number of halogens is 1. The predicted molar refractivity (Wildman–Crippen MR) is 77.4 cm³/mol. The summed E-state index contributed by atoms with van der Waals surface area (Å²) in [6.45, 7) is 2.36. The summed E-state index contributed by atoms with van der Waals surface area (Å²) in [5.41, 5.74) is 5.36. The number of benzene rings is 1. The summed E-state index contributed by atoms with van der Waals surface area (Å²) in [7, 11) is 0. The Morgan fingerprint density at radius 3 is 2.90 bits per heavy atom. The minimum Gasteiger partial charge on any atom is -0.376 e. The Kier molecular flexibility index (Phi) is 4.76. The molecule has 0 aromatic heterocycles. The first-order valence-corrected chi connectivity index (χ1v) is 6.94. The highest BCUT2D eigenvalue weighted by Gasteiger charge is 2.41. The molecule has 114 valence electrons.